The van der Waals surface area contributed by atoms with Crippen LogP contribution in [0.25, 0.3) is 0 Å². The number of carbonyl (C=O) groups is 1. The number of rotatable bonds is 2. The van der Waals surface area contributed by atoms with Crippen LogP contribution in [0.2, 0.25) is 5.02 Å². The molecule has 1 saturated carbocycles. The largest absolute Gasteiger partial charge is 0.324 e. The minimum Gasteiger partial charge on any atom is -0.324 e. The van der Waals surface area contributed by atoms with Gasteiger partial charge in [-0.1, -0.05) is 11.6 Å². The summed E-state index contributed by atoms with van der Waals surface area (Å²) in [5.41, 5.74) is 5.41. The molecule has 0 spiro atoms. The van der Waals surface area contributed by atoms with Gasteiger partial charge in [0.25, 0.3) is 0 Å². The van der Waals surface area contributed by atoms with Crippen molar-refractivity contribution in [2.75, 3.05) is 5.32 Å². The normalized spacial score (nSPS) is 16.2. The first-order valence-electron chi connectivity index (χ1n) is 4.57. The van der Waals surface area contributed by atoms with Gasteiger partial charge in [-0.05, 0) is 31.0 Å². The molecule has 1 aromatic rings. The molecular formula is C10H11Cl2FN2O. The van der Waals surface area contributed by atoms with Gasteiger partial charge < -0.3 is 11.1 Å². The van der Waals surface area contributed by atoms with Crippen LogP contribution in [0.1, 0.15) is 12.8 Å². The lowest BCUT2D eigenvalue weighted by molar-refractivity contribution is -0.118. The Labute approximate surface area is 104 Å². The molecule has 0 saturated heterocycles. The van der Waals surface area contributed by atoms with Gasteiger partial charge in [0.15, 0.2) is 0 Å². The number of benzene rings is 1. The fourth-order valence-corrected chi connectivity index (χ4v) is 1.37. The van der Waals surface area contributed by atoms with E-state index in [-0.39, 0.29) is 23.3 Å². The Morgan fingerprint density at radius 3 is 2.62 bits per heavy atom. The molecule has 0 radical (unpaired) electrons. The van der Waals surface area contributed by atoms with Crippen LogP contribution in [-0.4, -0.2) is 11.4 Å². The molecule has 88 valence electrons. The first-order valence-corrected chi connectivity index (χ1v) is 4.94. The zero-order chi connectivity index (χ0) is 11.1. The van der Waals surface area contributed by atoms with Crippen molar-refractivity contribution in [3.05, 3.63) is 29.0 Å². The van der Waals surface area contributed by atoms with Crippen molar-refractivity contribution in [2.45, 2.75) is 18.4 Å². The minimum absolute atomic E-state index is 0. The van der Waals surface area contributed by atoms with Gasteiger partial charge in [-0.25, -0.2) is 4.39 Å². The average molecular weight is 265 g/mol. The van der Waals surface area contributed by atoms with Gasteiger partial charge in [-0.3, -0.25) is 4.79 Å². The number of carbonyl (C=O) groups excluding carboxylic acids is 1. The highest BCUT2D eigenvalue weighted by molar-refractivity contribution is 6.31. The molecule has 0 aromatic heterocycles. The van der Waals surface area contributed by atoms with Crippen LogP contribution >= 0.6 is 24.0 Å². The molecule has 1 amide bonds. The molecule has 0 aliphatic heterocycles. The number of hydrogen-bond acceptors (Lipinski definition) is 2. The molecule has 3 N–H and O–H groups in total. The topological polar surface area (TPSA) is 55.1 Å². The van der Waals surface area contributed by atoms with Crippen LogP contribution in [0.15, 0.2) is 18.2 Å². The van der Waals surface area contributed by atoms with Crippen LogP contribution in [0.5, 0.6) is 0 Å². The average Bonchev–Trinajstić information content (AvgIpc) is 2.92. The summed E-state index contributed by atoms with van der Waals surface area (Å²) in [5, 5.41) is 2.58. The third-order valence-corrected chi connectivity index (χ3v) is 2.71. The Balaban J connectivity index is 0.00000128. The van der Waals surface area contributed by atoms with Crippen LogP contribution in [0, 0.1) is 5.82 Å². The monoisotopic (exact) mass is 264 g/mol. The van der Waals surface area contributed by atoms with Gasteiger partial charge in [0.05, 0.1) is 10.6 Å². The predicted octanol–water partition coefficient (Wildman–Crippen LogP) is 2.33. The van der Waals surface area contributed by atoms with E-state index >= 15 is 0 Å². The first kappa shape index (κ1) is 13.2. The summed E-state index contributed by atoms with van der Waals surface area (Å²) >= 11 is 5.57. The summed E-state index contributed by atoms with van der Waals surface area (Å²) in [7, 11) is 0. The van der Waals surface area contributed by atoms with E-state index in [1.807, 2.05) is 0 Å². The molecular weight excluding hydrogens is 254 g/mol. The van der Waals surface area contributed by atoms with Gasteiger partial charge in [0.2, 0.25) is 5.91 Å². The molecule has 0 unspecified atom stereocenters. The number of anilines is 1. The lowest BCUT2D eigenvalue weighted by Gasteiger charge is -2.10. The van der Waals surface area contributed by atoms with Crippen molar-refractivity contribution in [3.63, 3.8) is 0 Å². The lowest BCUT2D eigenvalue weighted by Crippen LogP contribution is -2.37. The van der Waals surface area contributed by atoms with Gasteiger partial charge in [0.1, 0.15) is 5.82 Å². The second-order valence-electron chi connectivity index (χ2n) is 3.74. The van der Waals surface area contributed by atoms with Crippen molar-refractivity contribution in [2.24, 2.45) is 5.73 Å². The quantitative estimate of drug-likeness (QED) is 0.862. The highest BCUT2D eigenvalue weighted by atomic mass is 35.5. The molecule has 1 fully saturated rings. The fourth-order valence-electron chi connectivity index (χ4n) is 1.19. The maximum atomic E-state index is 12.8. The summed E-state index contributed by atoms with van der Waals surface area (Å²) in [5.74, 6) is -0.756. The number of amides is 1. The molecule has 0 atom stereocenters. The number of nitrogens with two attached hydrogens (primary N) is 1. The number of hydrogen-bond donors (Lipinski definition) is 2. The molecule has 6 heteroatoms. The van der Waals surface area contributed by atoms with Crippen molar-refractivity contribution in [1.82, 2.24) is 0 Å². The van der Waals surface area contributed by atoms with Gasteiger partial charge >= 0.3 is 0 Å². The number of halogens is 3. The second-order valence-corrected chi connectivity index (χ2v) is 4.15. The molecule has 2 rings (SSSR count). The molecule has 0 heterocycles. The van der Waals surface area contributed by atoms with Crippen LogP contribution < -0.4 is 11.1 Å². The summed E-state index contributed by atoms with van der Waals surface area (Å²) in [6, 6.07) is 4.01. The van der Waals surface area contributed by atoms with Crippen molar-refractivity contribution in [1.29, 1.82) is 0 Å². The van der Waals surface area contributed by atoms with Crippen molar-refractivity contribution >= 4 is 35.6 Å². The van der Waals surface area contributed by atoms with Crippen LogP contribution in [0.3, 0.4) is 0 Å². The first-order chi connectivity index (χ1) is 7.01. The van der Waals surface area contributed by atoms with Crippen LogP contribution in [0.4, 0.5) is 10.1 Å². The Hall–Kier alpha value is -0.840. The van der Waals surface area contributed by atoms with Gasteiger partial charge in [0, 0.05) is 5.69 Å². The van der Waals surface area contributed by atoms with E-state index < -0.39 is 11.4 Å². The molecule has 1 aliphatic rings. The van der Waals surface area contributed by atoms with Crippen molar-refractivity contribution < 1.29 is 9.18 Å². The smallest absolute Gasteiger partial charge is 0.244 e. The summed E-state index contributed by atoms with van der Waals surface area (Å²) in [6.45, 7) is 0. The summed E-state index contributed by atoms with van der Waals surface area (Å²) in [6.07, 6.45) is 1.38. The standard InChI is InChI=1S/C10H10ClFN2O.ClH/c11-7-5-6(1-2-8(7)12)14-9(15)10(13)3-4-10;/h1-2,5H,3-4,13H2,(H,14,15);1H. The Morgan fingerprint density at radius 2 is 2.12 bits per heavy atom. The highest BCUT2D eigenvalue weighted by Gasteiger charge is 2.45. The zero-order valence-electron chi connectivity index (χ0n) is 8.30. The maximum absolute atomic E-state index is 12.8. The third-order valence-electron chi connectivity index (χ3n) is 2.42. The fraction of sp³-hybridized carbons (Fsp3) is 0.300. The molecule has 16 heavy (non-hydrogen) atoms. The van der Waals surface area contributed by atoms with E-state index in [4.69, 9.17) is 17.3 Å². The Bertz CT molecular complexity index is 421. The van der Waals surface area contributed by atoms with E-state index in [1.165, 1.54) is 18.2 Å². The molecule has 0 bridgehead atoms. The van der Waals surface area contributed by atoms with Crippen LogP contribution in [-0.2, 0) is 4.79 Å². The Morgan fingerprint density at radius 1 is 1.50 bits per heavy atom. The van der Waals surface area contributed by atoms with E-state index in [1.54, 1.807) is 0 Å². The van der Waals surface area contributed by atoms with Gasteiger partial charge in [-0.2, -0.15) is 0 Å². The van der Waals surface area contributed by atoms with E-state index in [0.29, 0.717) is 18.5 Å². The zero-order valence-corrected chi connectivity index (χ0v) is 9.87. The molecule has 3 nitrogen and oxygen atoms in total. The Kier molecular flexibility index (Phi) is 3.78. The summed E-state index contributed by atoms with van der Waals surface area (Å²) in [4.78, 5) is 11.5. The van der Waals surface area contributed by atoms with E-state index in [0.717, 1.165) is 0 Å². The lowest BCUT2D eigenvalue weighted by atomic mass is 10.2. The SMILES string of the molecule is Cl.NC1(C(=O)Nc2ccc(F)c(Cl)c2)CC1. The minimum atomic E-state index is -0.735. The summed E-state index contributed by atoms with van der Waals surface area (Å²) < 4.78 is 12.8. The molecule has 1 aliphatic carbocycles. The second kappa shape index (κ2) is 4.57. The predicted molar refractivity (Wildman–Crippen MR) is 63.4 cm³/mol. The van der Waals surface area contributed by atoms with Crippen molar-refractivity contribution in [3.8, 4) is 0 Å². The highest BCUT2D eigenvalue weighted by Crippen LogP contribution is 2.33. The van der Waals surface area contributed by atoms with Gasteiger partial charge in [-0.15, -0.1) is 12.4 Å². The molecule has 1 aromatic carbocycles. The van der Waals surface area contributed by atoms with E-state index in [9.17, 15) is 9.18 Å². The maximum Gasteiger partial charge on any atom is 0.244 e. The third kappa shape index (κ3) is 2.64. The number of nitrogens with one attached hydrogen (secondary N) is 1. The van der Waals surface area contributed by atoms with E-state index in [2.05, 4.69) is 5.32 Å².